The van der Waals surface area contributed by atoms with Gasteiger partial charge in [0.25, 0.3) is 0 Å². The largest absolute Gasteiger partial charge is 0.391 e. The van der Waals surface area contributed by atoms with Gasteiger partial charge in [0.1, 0.15) is 5.82 Å². The van der Waals surface area contributed by atoms with Crippen LogP contribution in [0.15, 0.2) is 24.3 Å². The van der Waals surface area contributed by atoms with Crippen molar-refractivity contribution >= 4 is 0 Å². The van der Waals surface area contributed by atoms with Crippen LogP contribution >= 0.6 is 0 Å². The van der Waals surface area contributed by atoms with Crippen LogP contribution in [0.1, 0.15) is 38.7 Å². The highest BCUT2D eigenvalue weighted by atomic mass is 19.1. The van der Waals surface area contributed by atoms with Crippen molar-refractivity contribution in [2.75, 3.05) is 13.1 Å². The minimum absolute atomic E-state index is 0.226. The Kier molecular flexibility index (Phi) is 4.58. The molecule has 1 heterocycles. The van der Waals surface area contributed by atoms with Gasteiger partial charge in [-0.05, 0) is 51.4 Å². The average Bonchev–Trinajstić information content (AvgIpc) is 2.42. The van der Waals surface area contributed by atoms with Gasteiger partial charge in [-0.3, -0.25) is 4.90 Å². The van der Waals surface area contributed by atoms with E-state index in [0.717, 1.165) is 13.1 Å². The zero-order chi connectivity index (χ0) is 13.9. The molecule has 1 aliphatic rings. The van der Waals surface area contributed by atoms with Gasteiger partial charge in [-0.1, -0.05) is 24.6 Å². The van der Waals surface area contributed by atoms with Gasteiger partial charge in [0.2, 0.25) is 0 Å². The second-order valence-corrected chi connectivity index (χ2v) is 6.01. The second-order valence-electron chi connectivity index (χ2n) is 6.01. The SMILES string of the molecule is CC(C)(C(O)Cc1ccccc1F)N1CCCCC1. The van der Waals surface area contributed by atoms with Crippen molar-refractivity contribution in [1.29, 1.82) is 0 Å². The Balaban J connectivity index is 2.05. The van der Waals surface area contributed by atoms with Gasteiger partial charge in [-0.15, -0.1) is 0 Å². The van der Waals surface area contributed by atoms with Crippen LogP contribution in [0.5, 0.6) is 0 Å². The van der Waals surface area contributed by atoms with Crippen molar-refractivity contribution in [3.8, 4) is 0 Å². The minimum atomic E-state index is -0.553. The van der Waals surface area contributed by atoms with E-state index in [1.54, 1.807) is 12.1 Å². The molecule has 106 valence electrons. The first-order valence-corrected chi connectivity index (χ1v) is 7.18. The molecule has 1 aliphatic heterocycles. The maximum Gasteiger partial charge on any atom is 0.126 e. The number of halogens is 1. The van der Waals surface area contributed by atoms with E-state index in [4.69, 9.17) is 0 Å². The van der Waals surface area contributed by atoms with Gasteiger partial charge in [-0.2, -0.15) is 0 Å². The van der Waals surface area contributed by atoms with Gasteiger partial charge < -0.3 is 5.11 Å². The van der Waals surface area contributed by atoms with Gasteiger partial charge >= 0.3 is 0 Å². The van der Waals surface area contributed by atoms with Crippen molar-refractivity contribution < 1.29 is 9.50 Å². The summed E-state index contributed by atoms with van der Waals surface area (Å²) < 4.78 is 13.7. The zero-order valence-corrected chi connectivity index (χ0v) is 11.9. The third kappa shape index (κ3) is 3.34. The number of aliphatic hydroxyl groups excluding tert-OH is 1. The molecule has 0 saturated carbocycles. The third-order valence-electron chi connectivity index (χ3n) is 4.36. The van der Waals surface area contributed by atoms with E-state index in [2.05, 4.69) is 18.7 Å². The first-order chi connectivity index (χ1) is 9.01. The standard InChI is InChI=1S/C16H24FNO/c1-16(2,18-10-6-3-7-11-18)15(19)12-13-8-4-5-9-14(13)17/h4-5,8-9,15,19H,3,6-7,10-12H2,1-2H3. The summed E-state index contributed by atoms with van der Waals surface area (Å²) in [7, 11) is 0. The predicted octanol–water partition coefficient (Wildman–Crippen LogP) is 2.99. The van der Waals surface area contributed by atoms with E-state index in [-0.39, 0.29) is 11.4 Å². The number of hydrogen-bond acceptors (Lipinski definition) is 2. The normalized spacial score (nSPS) is 19.4. The molecular weight excluding hydrogens is 241 g/mol. The molecule has 0 radical (unpaired) electrons. The molecule has 1 aromatic carbocycles. The molecule has 2 rings (SSSR count). The Morgan fingerprint density at radius 1 is 1.21 bits per heavy atom. The minimum Gasteiger partial charge on any atom is -0.391 e. The molecule has 0 amide bonds. The summed E-state index contributed by atoms with van der Waals surface area (Å²) in [5, 5.41) is 10.5. The van der Waals surface area contributed by atoms with Gasteiger partial charge in [0.15, 0.2) is 0 Å². The van der Waals surface area contributed by atoms with E-state index in [0.29, 0.717) is 12.0 Å². The quantitative estimate of drug-likeness (QED) is 0.904. The van der Waals surface area contributed by atoms with E-state index < -0.39 is 6.10 Å². The summed E-state index contributed by atoms with van der Waals surface area (Å²) >= 11 is 0. The Labute approximate surface area is 115 Å². The molecule has 1 N–H and O–H groups in total. The number of likely N-dealkylation sites (tertiary alicyclic amines) is 1. The maximum absolute atomic E-state index is 13.7. The van der Waals surface area contributed by atoms with E-state index in [1.807, 2.05) is 6.07 Å². The van der Waals surface area contributed by atoms with Gasteiger partial charge in [-0.25, -0.2) is 4.39 Å². The van der Waals surface area contributed by atoms with Crippen molar-refractivity contribution in [2.45, 2.75) is 51.2 Å². The monoisotopic (exact) mass is 265 g/mol. The molecule has 19 heavy (non-hydrogen) atoms. The lowest BCUT2D eigenvalue weighted by Crippen LogP contribution is -2.54. The Morgan fingerprint density at radius 2 is 1.84 bits per heavy atom. The summed E-state index contributed by atoms with van der Waals surface area (Å²) in [6.45, 7) is 6.18. The summed E-state index contributed by atoms with van der Waals surface area (Å²) in [4.78, 5) is 2.34. The average molecular weight is 265 g/mol. The molecule has 3 heteroatoms. The zero-order valence-electron chi connectivity index (χ0n) is 11.9. The molecule has 2 nitrogen and oxygen atoms in total. The van der Waals surface area contributed by atoms with Crippen LogP contribution in [0, 0.1) is 5.82 Å². The van der Waals surface area contributed by atoms with Crippen LogP contribution in [0.4, 0.5) is 4.39 Å². The summed E-state index contributed by atoms with van der Waals surface area (Å²) in [6, 6.07) is 6.71. The summed E-state index contributed by atoms with van der Waals surface area (Å²) in [6.07, 6.45) is 3.47. The number of rotatable bonds is 4. The molecule has 1 aromatic rings. The molecule has 0 aromatic heterocycles. The highest BCUT2D eigenvalue weighted by Crippen LogP contribution is 2.26. The molecule has 0 bridgehead atoms. The number of hydrogen-bond donors (Lipinski definition) is 1. The topological polar surface area (TPSA) is 23.5 Å². The van der Waals surface area contributed by atoms with Gasteiger partial charge in [0, 0.05) is 12.0 Å². The fourth-order valence-electron chi connectivity index (χ4n) is 2.80. The highest BCUT2D eigenvalue weighted by Gasteiger charge is 2.35. The first kappa shape index (κ1) is 14.5. The molecule has 1 unspecified atom stereocenters. The molecule has 1 fully saturated rings. The van der Waals surface area contributed by atoms with Gasteiger partial charge in [0.05, 0.1) is 6.10 Å². The molecule has 1 saturated heterocycles. The van der Waals surface area contributed by atoms with Crippen molar-refractivity contribution in [3.63, 3.8) is 0 Å². The number of nitrogens with zero attached hydrogens (tertiary/aromatic N) is 1. The van der Waals surface area contributed by atoms with E-state index in [1.165, 1.54) is 25.3 Å². The lowest BCUT2D eigenvalue weighted by atomic mass is 9.88. The van der Waals surface area contributed by atoms with Crippen molar-refractivity contribution in [3.05, 3.63) is 35.6 Å². The Morgan fingerprint density at radius 3 is 2.47 bits per heavy atom. The number of benzene rings is 1. The summed E-state index contributed by atoms with van der Waals surface area (Å²) in [5.41, 5.74) is 0.294. The number of piperidine rings is 1. The predicted molar refractivity (Wildman–Crippen MR) is 75.6 cm³/mol. The van der Waals surface area contributed by atoms with E-state index >= 15 is 0 Å². The van der Waals surface area contributed by atoms with Crippen LogP contribution in [0.25, 0.3) is 0 Å². The maximum atomic E-state index is 13.7. The second kappa shape index (κ2) is 6.02. The molecular formula is C16H24FNO. The number of aliphatic hydroxyl groups is 1. The lowest BCUT2D eigenvalue weighted by Gasteiger charge is -2.44. The molecule has 0 aliphatic carbocycles. The van der Waals surface area contributed by atoms with E-state index in [9.17, 15) is 9.50 Å². The lowest BCUT2D eigenvalue weighted by molar-refractivity contribution is -0.0190. The summed E-state index contributed by atoms with van der Waals surface area (Å²) in [5.74, 6) is -0.226. The first-order valence-electron chi connectivity index (χ1n) is 7.18. The van der Waals surface area contributed by atoms with Crippen LogP contribution < -0.4 is 0 Å². The van der Waals surface area contributed by atoms with Crippen LogP contribution in [0.2, 0.25) is 0 Å². The Bertz CT molecular complexity index is 413. The molecule has 1 atom stereocenters. The fraction of sp³-hybridized carbons (Fsp3) is 0.625. The third-order valence-corrected chi connectivity index (χ3v) is 4.36. The van der Waals surface area contributed by atoms with Crippen molar-refractivity contribution in [1.82, 2.24) is 4.90 Å². The van der Waals surface area contributed by atoms with Crippen LogP contribution in [-0.2, 0) is 6.42 Å². The smallest absolute Gasteiger partial charge is 0.126 e. The fourth-order valence-corrected chi connectivity index (χ4v) is 2.80. The van der Waals surface area contributed by atoms with Crippen LogP contribution in [0.3, 0.4) is 0 Å². The molecule has 0 spiro atoms. The Hall–Kier alpha value is -0.930. The van der Waals surface area contributed by atoms with Crippen molar-refractivity contribution in [2.24, 2.45) is 0 Å². The highest BCUT2D eigenvalue weighted by molar-refractivity contribution is 5.19. The van der Waals surface area contributed by atoms with Crippen LogP contribution in [-0.4, -0.2) is 34.7 Å².